The third-order valence-corrected chi connectivity index (χ3v) is 6.82. The van der Waals surface area contributed by atoms with Gasteiger partial charge in [0.1, 0.15) is 23.6 Å². The average Bonchev–Trinajstić information content (AvgIpc) is 2.93. The Hall–Kier alpha value is -3.89. The molecule has 0 saturated carbocycles. The molecule has 4 rings (SSSR count). The summed E-state index contributed by atoms with van der Waals surface area (Å²) in [6.45, 7) is 0.606. The maximum atomic E-state index is 13.9. The van der Waals surface area contributed by atoms with Crippen LogP contribution >= 0.6 is 27.5 Å². The van der Waals surface area contributed by atoms with E-state index in [-0.39, 0.29) is 26.6 Å². The Morgan fingerprint density at radius 1 is 0.974 bits per heavy atom. The third kappa shape index (κ3) is 6.23. The summed E-state index contributed by atoms with van der Waals surface area (Å²) in [5.41, 5.74) is 0.889. The topological polar surface area (TPSA) is 82.9 Å². The maximum absolute atomic E-state index is 13.9. The number of benzene rings is 3. The van der Waals surface area contributed by atoms with Gasteiger partial charge in [-0.3, -0.25) is 9.36 Å². The SMILES string of the molecule is COC(=O)c1c(N(Cc2ccc(OC)cc2)Cc2ccc(OC)cc2)ncn(-c2c(Cl)cc(F)cc2Br)c1=O. The first-order valence-electron chi connectivity index (χ1n) is 11.6. The van der Waals surface area contributed by atoms with Crippen molar-refractivity contribution >= 4 is 39.3 Å². The van der Waals surface area contributed by atoms with Crippen molar-refractivity contribution in [3.63, 3.8) is 0 Å². The van der Waals surface area contributed by atoms with Crippen molar-refractivity contribution in [2.75, 3.05) is 26.2 Å². The van der Waals surface area contributed by atoms with Crippen molar-refractivity contribution in [1.29, 1.82) is 0 Å². The molecule has 0 aliphatic carbocycles. The monoisotopic (exact) mass is 615 g/mol. The molecule has 0 spiro atoms. The van der Waals surface area contributed by atoms with Gasteiger partial charge in [-0.2, -0.15) is 0 Å². The smallest absolute Gasteiger partial charge is 0.347 e. The van der Waals surface area contributed by atoms with E-state index >= 15 is 0 Å². The zero-order chi connectivity index (χ0) is 28.1. The first kappa shape index (κ1) is 28.1. The Morgan fingerprint density at radius 3 is 1.97 bits per heavy atom. The fourth-order valence-electron chi connectivity index (χ4n) is 4.00. The summed E-state index contributed by atoms with van der Waals surface area (Å²) in [5, 5.41) is -0.0392. The van der Waals surface area contributed by atoms with Crippen LogP contribution in [0.3, 0.4) is 0 Å². The largest absolute Gasteiger partial charge is 0.497 e. The number of halogens is 3. The fourth-order valence-corrected chi connectivity index (χ4v) is 5.03. The van der Waals surface area contributed by atoms with Crippen LogP contribution in [-0.2, 0) is 17.8 Å². The van der Waals surface area contributed by atoms with E-state index in [1.54, 1.807) is 19.1 Å². The van der Waals surface area contributed by atoms with Gasteiger partial charge in [-0.05, 0) is 63.5 Å². The third-order valence-electron chi connectivity index (χ3n) is 5.93. The van der Waals surface area contributed by atoms with E-state index in [1.807, 2.05) is 48.5 Å². The number of aromatic nitrogens is 2. The Kier molecular flexibility index (Phi) is 8.88. The van der Waals surface area contributed by atoms with Crippen LogP contribution in [0.5, 0.6) is 11.5 Å². The minimum Gasteiger partial charge on any atom is -0.497 e. The molecule has 0 radical (unpaired) electrons. The number of nitrogens with zero attached hydrogens (tertiary/aromatic N) is 3. The fraction of sp³-hybridized carbons (Fsp3) is 0.179. The van der Waals surface area contributed by atoms with Crippen LogP contribution in [0.2, 0.25) is 5.02 Å². The second-order valence-electron chi connectivity index (χ2n) is 8.38. The number of ether oxygens (including phenoxy) is 3. The molecule has 202 valence electrons. The van der Waals surface area contributed by atoms with Gasteiger partial charge in [0.15, 0.2) is 11.4 Å². The first-order valence-corrected chi connectivity index (χ1v) is 12.8. The Balaban J connectivity index is 1.86. The van der Waals surface area contributed by atoms with Gasteiger partial charge in [0.25, 0.3) is 5.56 Å². The highest BCUT2D eigenvalue weighted by molar-refractivity contribution is 9.10. The summed E-state index contributed by atoms with van der Waals surface area (Å²) < 4.78 is 30.7. The number of carbonyl (C=O) groups is 1. The number of hydrogen-bond donors (Lipinski definition) is 0. The Morgan fingerprint density at radius 2 is 1.51 bits per heavy atom. The second-order valence-corrected chi connectivity index (χ2v) is 9.64. The van der Waals surface area contributed by atoms with Crippen LogP contribution in [0.4, 0.5) is 10.2 Å². The van der Waals surface area contributed by atoms with Crippen molar-refractivity contribution < 1.29 is 23.4 Å². The minimum absolute atomic E-state index is 0.0392. The lowest BCUT2D eigenvalue weighted by molar-refractivity contribution is 0.0598. The van der Waals surface area contributed by atoms with Crippen molar-refractivity contribution in [2.45, 2.75) is 13.1 Å². The van der Waals surface area contributed by atoms with Crippen LogP contribution in [-0.4, -0.2) is 36.8 Å². The van der Waals surface area contributed by atoms with Gasteiger partial charge < -0.3 is 19.1 Å². The molecule has 0 atom stereocenters. The highest BCUT2D eigenvalue weighted by Crippen LogP contribution is 2.30. The lowest BCUT2D eigenvalue weighted by Crippen LogP contribution is -2.33. The molecule has 0 bridgehead atoms. The van der Waals surface area contributed by atoms with Crippen LogP contribution < -0.4 is 19.9 Å². The van der Waals surface area contributed by atoms with Crippen molar-refractivity contribution in [3.05, 3.63) is 109 Å². The molecule has 39 heavy (non-hydrogen) atoms. The van der Waals surface area contributed by atoms with E-state index in [2.05, 4.69) is 20.9 Å². The van der Waals surface area contributed by atoms with Crippen LogP contribution in [0, 0.1) is 5.82 Å². The maximum Gasteiger partial charge on any atom is 0.347 e. The molecule has 0 unspecified atom stereocenters. The highest BCUT2D eigenvalue weighted by atomic mass is 79.9. The van der Waals surface area contributed by atoms with Crippen LogP contribution in [0.15, 0.2) is 76.3 Å². The van der Waals surface area contributed by atoms with E-state index < -0.39 is 17.3 Å². The van der Waals surface area contributed by atoms with E-state index in [9.17, 15) is 14.0 Å². The van der Waals surface area contributed by atoms with Gasteiger partial charge in [0.2, 0.25) is 0 Å². The van der Waals surface area contributed by atoms with Crippen molar-refractivity contribution in [2.24, 2.45) is 0 Å². The van der Waals surface area contributed by atoms with Gasteiger partial charge in [-0.25, -0.2) is 14.2 Å². The predicted octanol–water partition coefficient (Wildman–Crippen LogP) is 5.80. The van der Waals surface area contributed by atoms with E-state index in [1.165, 1.54) is 19.5 Å². The minimum atomic E-state index is -0.874. The van der Waals surface area contributed by atoms with E-state index in [0.717, 1.165) is 21.8 Å². The van der Waals surface area contributed by atoms with Gasteiger partial charge in [0.05, 0.1) is 32.0 Å². The standard InChI is InChI=1S/C28H24BrClFN3O5/c1-37-20-8-4-17(5-9-20)14-33(15-18-6-10-21(38-2)11-7-18)26-24(28(36)39-3)27(35)34(16-32-26)25-22(29)12-19(31)13-23(25)30/h4-13,16H,14-15H2,1-3H3. The molecule has 0 aliphatic rings. The summed E-state index contributed by atoms with van der Waals surface area (Å²) in [5.74, 6) is 0.0349. The molecule has 1 heterocycles. The average molecular weight is 617 g/mol. The van der Waals surface area contributed by atoms with Crippen LogP contribution in [0.25, 0.3) is 5.69 Å². The lowest BCUT2D eigenvalue weighted by Gasteiger charge is -2.26. The van der Waals surface area contributed by atoms with Gasteiger partial charge in [-0.1, -0.05) is 35.9 Å². The normalized spacial score (nSPS) is 10.7. The Labute approximate surface area is 237 Å². The Bertz CT molecular complexity index is 1470. The zero-order valence-corrected chi connectivity index (χ0v) is 23.6. The second kappa shape index (κ2) is 12.3. The molecule has 0 amide bonds. The molecule has 0 fully saturated rings. The summed E-state index contributed by atoms with van der Waals surface area (Å²) in [6, 6.07) is 17.1. The highest BCUT2D eigenvalue weighted by Gasteiger charge is 2.26. The molecule has 11 heteroatoms. The first-order chi connectivity index (χ1) is 18.7. The van der Waals surface area contributed by atoms with Gasteiger partial charge in [0, 0.05) is 17.6 Å². The molecular formula is C28H24BrClFN3O5. The lowest BCUT2D eigenvalue weighted by atomic mass is 10.1. The summed E-state index contributed by atoms with van der Waals surface area (Å²) in [6.07, 6.45) is 1.25. The number of methoxy groups -OCH3 is 3. The number of anilines is 1. The van der Waals surface area contributed by atoms with Gasteiger partial charge >= 0.3 is 5.97 Å². The quantitative estimate of drug-likeness (QED) is 0.220. The summed E-state index contributed by atoms with van der Waals surface area (Å²) in [4.78, 5) is 33.1. The molecule has 4 aromatic rings. The van der Waals surface area contributed by atoms with Gasteiger partial charge in [-0.15, -0.1) is 0 Å². The molecular weight excluding hydrogens is 593 g/mol. The van der Waals surface area contributed by atoms with E-state index in [4.69, 9.17) is 25.8 Å². The molecule has 3 aromatic carbocycles. The molecule has 0 N–H and O–H groups in total. The number of carbonyl (C=O) groups excluding carboxylic acids is 1. The van der Waals surface area contributed by atoms with Crippen molar-refractivity contribution in [3.8, 4) is 17.2 Å². The molecule has 0 aliphatic heterocycles. The molecule has 1 aromatic heterocycles. The van der Waals surface area contributed by atoms with E-state index in [0.29, 0.717) is 24.6 Å². The number of hydrogen-bond acceptors (Lipinski definition) is 7. The number of esters is 1. The zero-order valence-electron chi connectivity index (χ0n) is 21.3. The molecule has 0 saturated heterocycles. The number of rotatable bonds is 9. The summed E-state index contributed by atoms with van der Waals surface area (Å²) in [7, 11) is 4.34. The van der Waals surface area contributed by atoms with Crippen LogP contribution in [0.1, 0.15) is 21.5 Å². The predicted molar refractivity (Wildman–Crippen MR) is 150 cm³/mol. The summed E-state index contributed by atoms with van der Waals surface area (Å²) >= 11 is 9.52. The molecule has 8 nitrogen and oxygen atoms in total. The van der Waals surface area contributed by atoms with Crippen molar-refractivity contribution in [1.82, 2.24) is 9.55 Å².